The summed E-state index contributed by atoms with van der Waals surface area (Å²) in [6.07, 6.45) is 0. The van der Waals surface area contributed by atoms with E-state index in [2.05, 4.69) is 87.7 Å². The first-order chi connectivity index (χ1) is 10.4. The molecule has 0 amide bonds. The van der Waals surface area contributed by atoms with Crippen molar-refractivity contribution in [3.05, 3.63) is 59.7 Å². The molecule has 3 rings (SSSR count). The zero-order valence-corrected chi connectivity index (χ0v) is 14.3. The zero-order valence-electron chi connectivity index (χ0n) is 14.3. The largest absolute Gasteiger partial charge is 0.341 e. The van der Waals surface area contributed by atoms with E-state index < -0.39 is 0 Å². The molecule has 22 heavy (non-hydrogen) atoms. The second-order valence-corrected chi connectivity index (χ2v) is 7.16. The van der Waals surface area contributed by atoms with E-state index in [1.807, 2.05) is 0 Å². The first-order valence-corrected chi connectivity index (χ1v) is 8.11. The molecule has 0 fully saturated rings. The lowest BCUT2D eigenvalue weighted by molar-refractivity contribution is 0.590. The van der Waals surface area contributed by atoms with Gasteiger partial charge in [0.15, 0.2) is 0 Å². The van der Waals surface area contributed by atoms with Crippen LogP contribution in [-0.2, 0) is 12.0 Å². The van der Waals surface area contributed by atoms with Gasteiger partial charge in [-0.3, -0.25) is 0 Å². The molecular weight excluding hydrogens is 266 g/mol. The summed E-state index contributed by atoms with van der Waals surface area (Å²) in [5.41, 5.74) is 6.82. The van der Waals surface area contributed by atoms with Crippen molar-refractivity contribution < 1.29 is 0 Å². The van der Waals surface area contributed by atoms with Crippen LogP contribution in [0, 0.1) is 6.92 Å². The SMILES string of the molecule is CCn1c(-c2ccc(C(C)(C)C)cc2)cc2cc(C)ccc21. The molecule has 3 aromatic rings. The number of fused-ring (bicyclic) bond motifs is 1. The molecule has 1 heteroatoms. The third-order valence-corrected chi connectivity index (χ3v) is 4.42. The number of rotatable bonds is 2. The van der Waals surface area contributed by atoms with Crippen molar-refractivity contribution in [2.24, 2.45) is 0 Å². The predicted molar refractivity (Wildman–Crippen MR) is 96.5 cm³/mol. The number of hydrogen-bond donors (Lipinski definition) is 0. The van der Waals surface area contributed by atoms with Gasteiger partial charge < -0.3 is 4.57 Å². The van der Waals surface area contributed by atoms with Gasteiger partial charge >= 0.3 is 0 Å². The molecule has 0 spiro atoms. The summed E-state index contributed by atoms with van der Waals surface area (Å²) in [5.74, 6) is 0. The maximum absolute atomic E-state index is 2.40. The van der Waals surface area contributed by atoms with E-state index in [1.54, 1.807) is 0 Å². The molecule has 0 radical (unpaired) electrons. The lowest BCUT2D eigenvalue weighted by Gasteiger charge is -2.19. The van der Waals surface area contributed by atoms with Crippen molar-refractivity contribution in [2.45, 2.75) is 46.6 Å². The maximum atomic E-state index is 2.40. The van der Waals surface area contributed by atoms with E-state index in [-0.39, 0.29) is 5.41 Å². The Balaban J connectivity index is 2.13. The Bertz CT molecular complexity index is 798. The van der Waals surface area contributed by atoms with Crippen LogP contribution in [0.4, 0.5) is 0 Å². The zero-order chi connectivity index (χ0) is 15.9. The quantitative estimate of drug-likeness (QED) is 0.551. The Morgan fingerprint density at radius 1 is 0.909 bits per heavy atom. The van der Waals surface area contributed by atoms with Crippen molar-refractivity contribution in [2.75, 3.05) is 0 Å². The van der Waals surface area contributed by atoms with Crippen molar-refractivity contribution in [1.29, 1.82) is 0 Å². The van der Waals surface area contributed by atoms with Crippen molar-refractivity contribution in [3.63, 3.8) is 0 Å². The lowest BCUT2D eigenvalue weighted by atomic mass is 9.86. The van der Waals surface area contributed by atoms with Crippen LogP contribution in [0.15, 0.2) is 48.5 Å². The van der Waals surface area contributed by atoms with Gasteiger partial charge in [-0.2, -0.15) is 0 Å². The molecule has 1 heterocycles. The first-order valence-electron chi connectivity index (χ1n) is 8.11. The monoisotopic (exact) mass is 291 g/mol. The lowest BCUT2D eigenvalue weighted by Crippen LogP contribution is -2.10. The van der Waals surface area contributed by atoms with Gasteiger partial charge in [-0.1, -0.05) is 56.7 Å². The van der Waals surface area contributed by atoms with Crippen LogP contribution in [0.3, 0.4) is 0 Å². The summed E-state index contributed by atoms with van der Waals surface area (Å²) in [6.45, 7) is 12.1. The molecule has 1 nitrogen and oxygen atoms in total. The molecule has 0 N–H and O–H groups in total. The molecule has 2 aromatic carbocycles. The molecule has 0 aliphatic carbocycles. The molecule has 0 unspecified atom stereocenters. The highest BCUT2D eigenvalue weighted by Crippen LogP contribution is 2.31. The minimum atomic E-state index is 0.201. The standard InChI is InChI=1S/C21H25N/c1-6-22-19-12-7-15(2)13-17(19)14-20(22)16-8-10-18(11-9-16)21(3,4)5/h7-14H,6H2,1-5H3. The van der Waals surface area contributed by atoms with Gasteiger partial charge in [-0.15, -0.1) is 0 Å². The third-order valence-electron chi connectivity index (χ3n) is 4.42. The predicted octanol–water partition coefficient (Wildman–Crippen LogP) is 5.93. The molecule has 0 bridgehead atoms. The summed E-state index contributed by atoms with van der Waals surface area (Å²) in [4.78, 5) is 0. The summed E-state index contributed by atoms with van der Waals surface area (Å²) in [5, 5.41) is 1.33. The van der Waals surface area contributed by atoms with Gasteiger partial charge in [0, 0.05) is 23.1 Å². The van der Waals surface area contributed by atoms with Crippen LogP contribution in [0.25, 0.3) is 22.2 Å². The van der Waals surface area contributed by atoms with Crippen LogP contribution in [0.1, 0.15) is 38.8 Å². The molecule has 0 saturated heterocycles. The Labute approximate surface area is 133 Å². The molecule has 0 atom stereocenters. The summed E-state index contributed by atoms with van der Waals surface area (Å²) in [7, 11) is 0. The van der Waals surface area contributed by atoms with Gasteiger partial charge in [-0.05, 0) is 48.6 Å². The van der Waals surface area contributed by atoms with Crippen LogP contribution in [0.5, 0.6) is 0 Å². The molecule has 0 aliphatic rings. The number of benzene rings is 2. The number of hydrogen-bond acceptors (Lipinski definition) is 0. The highest BCUT2D eigenvalue weighted by molar-refractivity contribution is 5.87. The topological polar surface area (TPSA) is 4.93 Å². The Morgan fingerprint density at radius 3 is 2.18 bits per heavy atom. The van der Waals surface area contributed by atoms with Crippen LogP contribution < -0.4 is 0 Å². The average Bonchev–Trinajstić information content (AvgIpc) is 2.84. The summed E-state index contributed by atoms with van der Waals surface area (Å²) in [6, 6.07) is 18.1. The fraction of sp³-hybridized carbons (Fsp3) is 0.333. The third kappa shape index (κ3) is 2.56. The minimum absolute atomic E-state index is 0.201. The molecule has 0 aliphatic heterocycles. The number of nitrogens with zero attached hydrogens (tertiary/aromatic N) is 1. The average molecular weight is 291 g/mol. The summed E-state index contributed by atoms with van der Waals surface area (Å²) < 4.78 is 2.40. The van der Waals surface area contributed by atoms with E-state index in [0.29, 0.717) is 0 Å². The van der Waals surface area contributed by atoms with Crippen LogP contribution in [0.2, 0.25) is 0 Å². The van der Waals surface area contributed by atoms with Gasteiger partial charge in [0.05, 0.1) is 0 Å². The summed E-state index contributed by atoms with van der Waals surface area (Å²) >= 11 is 0. The number of aryl methyl sites for hydroxylation is 2. The van der Waals surface area contributed by atoms with Crippen molar-refractivity contribution >= 4 is 10.9 Å². The van der Waals surface area contributed by atoms with Gasteiger partial charge in [0.25, 0.3) is 0 Å². The van der Waals surface area contributed by atoms with E-state index in [1.165, 1.54) is 33.3 Å². The van der Waals surface area contributed by atoms with Crippen molar-refractivity contribution in [1.82, 2.24) is 4.57 Å². The fourth-order valence-corrected chi connectivity index (χ4v) is 3.11. The second-order valence-electron chi connectivity index (χ2n) is 7.16. The second kappa shape index (κ2) is 5.31. The smallest absolute Gasteiger partial charge is 0.0491 e. The fourth-order valence-electron chi connectivity index (χ4n) is 3.11. The van der Waals surface area contributed by atoms with E-state index in [4.69, 9.17) is 0 Å². The van der Waals surface area contributed by atoms with E-state index in [0.717, 1.165) is 6.54 Å². The molecule has 1 aromatic heterocycles. The van der Waals surface area contributed by atoms with Gasteiger partial charge in [-0.25, -0.2) is 0 Å². The highest BCUT2D eigenvalue weighted by atomic mass is 15.0. The molecule has 114 valence electrons. The Hall–Kier alpha value is -2.02. The minimum Gasteiger partial charge on any atom is -0.341 e. The number of aromatic nitrogens is 1. The highest BCUT2D eigenvalue weighted by Gasteiger charge is 2.14. The first kappa shape index (κ1) is 14.9. The van der Waals surface area contributed by atoms with Gasteiger partial charge in [0.1, 0.15) is 0 Å². The Kier molecular flexibility index (Phi) is 3.60. The van der Waals surface area contributed by atoms with E-state index >= 15 is 0 Å². The van der Waals surface area contributed by atoms with Gasteiger partial charge in [0.2, 0.25) is 0 Å². The molecular formula is C21H25N. The molecule has 0 saturated carbocycles. The van der Waals surface area contributed by atoms with E-state index in [9.17, 15) is 0 Å². The van der Waals surface area contributed by atoms with Crippen LogP contribution >= 0.6 is 0 Å². The Morgan fingerprint density at radius 2 is 1.59 bits per heavy atom. The maximum Gasteiger partial charge on any atom is 0.0491 e. The van der Waals surface area contributed by atoms with Crippen molar-refractivity contribution in [3.8, 4) is 11.3 Å². The normalized spacial score (nSPS) is 12.0. The van der Waals surface area contributed by atoms with Crippen LogP contribution in [-0.4, -0.2) is 4.57 Å².